The average Bonchev–Trinajstić information content (AvgIpc) is 2.30. The number of hydrogen-bond donors (Lipinski definition) is 3. The van der Waals surface area contributed by atoms with Gasteiger partial charge in [0.1, 0.15) is 0 Å². The first-order chi connectivity index (χ1) is 8.04. The Labute approximate surface area is 102 Å². The maximum absolute atomic E-state index is 11.4. The molecule has 0 aliphatic carbocycles. The fraction of sp³-hybridized carbons (Fsp3) is 0.818. The van der Waals surface area contributed by atoms with E-state index in [2.05, 4.69) is 29.2 Å². The van der Waals surface area contributed by atoms with Gasteiger partial charge in [-0.1, -0.05) is 26.7 Å². The van der Waals surface area contributed by atoms with E-state index in [1.165, 1.54) is 7.11 Å². The SMILES string of the molecule is CCC(CC)CNC(=O)NCC(OC)C(=O)O. The van der Waals surface area contributed by atoms with Crippen LogP contribution in [0.1, 0.15) is 26.7 Å². The largest absolute Gasteiger partial charge is 0.479 e. The van der Waals surface area contributed by atoms with Crippen molar-refractivity contribution >= 4 is 12.0 Å². The molecule has 17 heavy (non-hydrogen) atoms. The van der Waals surface area contributed by atoms with Crippen LogP contribution in [0.4, 0.5) is 4.79 Å². The van der Waals surface area contributed by atoms with Crippen molar-refractivity contribution in [3.05, 3.63) is 0 Å². The number of methoxy groups -OCH3 is 1. The van der Waals surface area contributed by atoms with Gasteiger partial charge in [0.05, 0.1) is 6.54 Å². The van der Waals surface area contributed by atoms with Crippen LogP contribution in [-0.4, -0.2) is 43.4 Å². The first-order valence-electron chi connectivity index (χ1n) is 5.82. The summed E-state index contributed by atoms with van der Waals surface area (Å²) in [4.78, 5) is 22.0. The van der Waals surface area contributed by atoms with E-state index < -0.39 is 12.1 Å². The molecule has 0 rings (SSSR count). The summed E-state index contributed by atoms with van der Waals surface area (Å²) in [5.41, 5.74) is 0. The van der Waals surface area contributed by atoms with Gasteiger partial charge in [0, 0.05) is 13.7 Å². The zero-order chi connectivity index (χ0) is 13.3. The van der Waals surface area contributed by atoms with Crippen LogP contribution in [0.25, 0.3) is 0 Å². The number of ether oxygens (including phenoxy) is 1. The van der Waals surface area contributed by atoms with Crippen LogP contribution in [0.15, 0.2) is 0 Å². The normalized spacial score (nSPS) is 12.2. The Morgan fingerprint density at radius 3 is 2.12 bits per heavy atom. The molecule has 0 aromatic carbocycles. The summed E-state index contributed by atoms with van der Waals surface area (Å²) in [5.74, 6) is -0.633. The van der Waals surface area contributed by atoms with E-state index in [4.69, 9.17) is 5.11 Å². The minimum absolute atomic E-state index is 0.0411. The van der Waals surface area contributed by atoms with Crippen LogP contribution in [0.2, 0.25) is 0 Å². The Morgan fingerprint density at radius 1 is 1.18 bits per heavy atom. The van der Waals surface area contributed by atoms with Crippen LogP contribution in [0.5, 0.6) is 0 Å². The molecule has 100 valence electrons. The van der Waals surface area contributed by atoms with Crippen molar-refractivity contribution in [2.24, 2.45) is 5.92 Å². The summed E-state index contributed by atoms with van der Waals surface area (Å²) in [6.45, 7) is 4.70. The maximum atomic E-state index is 11.4. The molecule has 6 nitrogen and oxygen atoms in total. The molecule has 0 aliphatic rings. The fourth-order valence-electron chi connectivity index (χ4n) is 1.33. The smallest absolute Gasteiger partial charge is 0.334 e. The summed E-state index contributed by atoms with van der Waals surface area (Å²) in [6.07, 6.45) is 1.01. The Morgan fingerprint density at radius 2 is 1.71 bits per heavy atom. The summed E-state index contributed by atoms with van der Waals surface area (Å²) in [6, 6.07) is -0.361. The maximum Gasteiger partial charge on any atom is 0.334 e. The van der Waals surface area contributed by atoms with E-state index in [0.717, 1.165) is 12.8 Å². The van der Waals surface area contributed by atoms with E-state index in [1.54, 1.807) is 0 Å². The molecule has 0 spiro atoms. The molecule has 0 fully saturated rings. The van der Waals surface area contributed by atoms with Gasteiger partial charge < -0.3 is 20.5 Å². The Bertz CT molecular complexity index is 242. The lowest BCUT2D eigenvalue weighted by Gasteiger charge is -2.15. The molecule has 6 heteroatoms. The molecular formula is C11H22N2O4. The van der Waals surface area contributed by atoms with Gasteiger partial charge in [0.25, 0.3) is 0 Å². The highest BCUT2D eigenvalue weighted by atomic mass is 16.5. The Kier molecular flexibility index (Phi) is 8.13. The Balaban J connectivity index is 3.82. The Hall–Kier alpha value is -1.30. The summed E-state index contributed by atoms with van der Waals surface area (Å²) >= 11 is 0. The van der Waals surface area contributed by atoms with Gasteiger partial charge in [0.15, 0.2) is 6.10 Å². The number of rotatable bonds is 8. The highest BCUT2D eigenvalue weighted by molar-refractivity contribution is 5.76. The number of aliphatic carboxylic acids is 1. The number of urea groups is 1. The van der Waals surface area contributed by atoms with Crippen molar-refractivity contribution in [3.63, 3.8) is 0 Å². The minimum Gasteiger partial charge on any atom is -0.479 e. The van der Waals surface area contributed by atoms with E-state index in [-0.39, 0.29) is 12.6 Å². The number of carboxylic acids is 1. The van der Waals surface area contributed by atoms with Crippen LogP contribution in [-0.2, 0) is 9.53 Å². The van der Waals surface area contributed by atoms with Gasteiger partial charge in [-0.25, -0.2) is 9.59 Å². The first-order valence-corrected chi connectivity index (χ1v) is 5.82. The third kappa shape index (κ3) is 6.78. The third-order valence-corrected chi connectivity index (χ3v) is 2.71. The van der Waals surface area contributed by atoms with Crippen molar-refractivity contribution in [3.8, 4) is 0 Å². The number of hydrogen-bond acceptors (Lipinski definition) is 3. The number of carboxylic acid groups (broad SMARTS) is 1. The molecule has 0 heterocycles. The number of carbonyl (C=O) groups is 2. The van der Waals surface area contributed by atoms with Gasteiger partial charge in [-0.15, -0.1) is 0 Å². The third-order valence-electron chi connectivity index (χ3n) is 2.71. The van der Waals surface area contributed by atoms with E-state index >= 15 is 0 Å². The van der Waals surface area contributed by atoms with Gasteiger partial charge in [-0.05, 0) is 5.92 Å². The molecule has 2 amide bonds. The second-order valence-electron chi connectivity index (χ2n) is 3.84. The molecule has 3 N–H and O–H groups in total. The monoisotopic (exact) mass is 246 g/mol. The van der Waals surface area contributed by atoms with E-state index in [1.807, 2.05) is 0 Å². The number of nitrogens with one attached hydrogen (secondary N) is 2. The molecule has 0 aromatic rings. The molecular weight excluding hydrogens is 224 g/mol. The standard InChI is InChI=1S/C11H22N2O4/c1-4-8(5-2)6-12-11(16)13-7-9(17-3)10(14)15/h8-9H,4-7H2,1-3H3,(H,14,15)(H2,12,13,16). The highest BCUT2D eigenvalue weighted by Crippen LogP contribution is 2.04. The zero-order valence-electron chi connectivity index (χ0n) is 10.7. The molecule has 1 unspecified atom stereocenters. The lowest BCUT2D eigenvalue weighted by Crippen LogP contribution is -2.43. The van der Waals surface area contributed by atoms with Crippen molar-refractivity contribution in [2.75, 3.05) is 20.2 Å². The van der Waals surface area contributed by atoms with Crippen molar-refractivity contribution in [1.29, 1.82) is 0 Å². The van der Waals surface area contributed by atoms with Crippen LogP contribution < -0.4 is 10.6 Å². The topological polar surface area (TPSA) is 87.7 Å². The predicted octanol–water partition coefficient (Wildman–Crippen LogP) is 0.821. The molecule has 0 aliphatic heterocycles. The van der Waals surface area contributed by atoms with Crippen molar-refractivity contribution < 1.29 is 19.4 Å². The fourth-order valence-corrected chi connectivity index (χ4v) is 1.33. The van der Waals surface area contributed by atoms with Crippen LogP contribution >= 0.6 is 0 Å². The summed E-state index contributed by atoms with van der Waals surface area (Å²) in [7, 11) is 1.29. The van der Waals surface area contributed by atoms with Gasteiger partial charge in [-0.2, -0.15) is 0 Å². The quantitative estimate of drug-likeness (QED) is 0.591. The van der Waals surface area contributed by atoms with Crippen molar-refractivity contribution in [1.82, 2.24) is 10.6 Å². The molecule has 0 aromatic heterocycles. The lowest BCUT2D eigenvalue weighted by molar-refractivity contribution is -0.147. The number of carbonyl (C=O) groups excluding carboxylic acids is 1. The molecule has 0 bridgehead atoms. The van der Waals surface area contributed by atoms with Crippen molar-refractivity contribution in [2.45, 2.75) is 32.8 Å². The highest BCUT2D eigenvalue weighted by Gasteiger charge is 2.17. The second-order valence-corrected chi connectivity index (χ2v) is 3.84. The van der Waals surface area contributed by atoms with E-state index in [9.17, 15) is 9.59 Å². The van der Waals surface area contributed by atoms with Gasteiger partial charge in [-0.3, -0.25) is 0 Å². The van der Waals surface area contributed by atoms with E-state index in [0.29, 0.717) is 12.5 Å². The summed E-state index contributed by atoms with van der Waals surface area (Å²) in [5, 5.41) is 13.9. The molecule has 1 atom stereocenters. The first kappa shape index (κ1) is 15.7. The average molecular weight is 246 g/mol. The second kappa shape index (κ2) is 8.81. The predicted molar refractivity (Wildman–Crippen MR) is 63.9 cm³/mol. The molecule has 0 radical (unpaired) electrons. The summed E-state index contributed by atoms with van der Waals surface area (Å²) < 4.78 is 4.69. The lowest BCUT2D eigenvalue weighted by atomic mass is 10.0. The minimum atomic E-state index is -1.09. The van der Waals surface area contributed by atoms with Gasteiger partial charge in [0.2, 0.25) is 0 Å². The van der Waals surface area contributed by atoms with Crippen LogP contribution in [0.3, 0.4) is 0 Å². The zero-order valence-corrected chi connectivity index (χ0v) is 10.7. The molecule has 0 saturated carbocycles. The number of amides is 2. The molecule has 0 saturated heterocycles. The van der Waals surface area contributed by atoms with Gasteiger partial charge >= 0.3 is 12.0 Å². The van der Waals surface area contributed by atoms with Crippen LogP contribution in [0, 0.1) is 5.92 Å².